The molecule has 0 saturated carbocycles. The maximum absolute atomic E-state index is 13.2. The maximum Gasteiger partial charge on any atom is 0.258 e. The first-order chi connectivity index (χ1) is 13.8. The first-order valence-corrected chi connectivity index (χ1v) is 9.98. The van der Waals surface area contributed by atoms with Crippen LogP contribution in [-0.4, -0.2) is 34.8 Å². The van der Waals surface area contributed by atoms with E-state index >= 15 is 0 Å². The number of hydrogen-bond acceptors (Lipinski definition) is 3. The van der Waals surface area contributed by atoms with E-state index in [9.17, 15) is 14.4 Å². The number of amides is 3. The van der Waals surface area contributed by atoms with Crippen LogP contribution in [0.2, 0.25) is 5.02 Å². The molecule has 2 aliphatic rings. The van der Waals surface area contributed by atoms with Crippen LogP contribution in [0.5, 0.6) is 0 Å². The van der Waals surface area contributed by atoms with E-state index in [4.69, 9.17) is 11.6 Å². The van der Waals surface area contributed by atoms with Crippen LogP contribution in [0.4, 0.5) is 5.69 Å². The van der Waals surface area contributed by atoms with Gasteiger partial charge >= 0.3 is 0 Å². The van der Waals surface area contributed by atoms with Crippen LogP contribution in [0.15, 0.2) is 48.5 Å². The van der Waals surface area contributed by atoms with Gasteiger partial charge < -0.3 is 10.2 Å². The lowest BCUT2D eigenvalue weighted by Crippen LogP contribution is -2.63. The molecule has 150 valence electrons. The van der Waals surface area contributed by atoms with Crippen molar-refractivity contribution in [2.75, 3.05) is 11.4 Å². The highest BCUT2D eigenvalue weighted by Crippen LogP contribution is 2.43. The van der Waals surface area contributed by atoms with Gasteiger partial charge in [-0.25, -0.2) is 0 Å². The molecule has 0 aromatic heterocycles. The molecule has 1 N–H and O–H groups in total. The van der Waals surface area contributed by atoms with Crippen molar-refractivity contribution in [1.29, 1.82) is 0 Å². The van der Waals surface area contributed by atoms with Crippen LogP contribution in [-0.2, 0) is 9.59 Å². The number of para-hydroxylation sites is 1. The van der Waals surface area contributed by atoms with Gasteiger partial charge in [0, 0.05) is 11.4 Å². The van der Waals surface area contributed by atoms with E-state index in [-0.39, 0.29) is 30.3 Å². The van der Waals surface area contributed by atoms with Gasteiger partial charge in [-0.05, 0) is 50.1 Å². The van der Waals surface area contributed by atoms with Gasteiger partial charge in [-0.2, -0.15) is 0 Å². The summed E-state index contributed by atoms with van der Waals surface area (Å²) in [7, 11) is 0. The Morgan fingerprint density at radius 1 is 1.17 bits per heavy atom. The summed E-state index contributed by atoms with van der Waals surface area (Å²) in [6.45, 7) is 3.61. The van der Waals surface area contributed by atoms with Crippen molar-refractivity contribution in [3.63, 3.8) is 0 Å². The average Bonchev–Trinajstić information content (AvgIpc) is 3.01. The third-order valence-corrected chi connectivity index (χ3v) is 6.05. The van der Waals surface area contributed by atoms with E-state index in [0.717, 1.165) is 5.56 Å². The molecule has 0 spiro atoms. The van der Waals surface area contributed by atoms with E-state index < -0.39 is 5.66 Å². The number of nitrogens with zero attached hydrogens (tertiary/aromatic N) is 2. The smallest absolute Gasteiger partial charge is 0.258 e. The Bertz CT molecular complexity index is 991. The molecule has 6 nitrogen and oxygen atoms in total. The van der Waals surface area contributed by atoms with Crippen LogP contribution in [0.3, 0.4) is 0 Å². The van der Waals surface area contributed by atoms with Gasteiger partial charge in [-0.3, -0.25) is 19.3 Å². The third-order valence-electron chi connectivity index (χ3n) is 5.79. The summed E-state index contributed by atoms with van der Waals surface area (Å²) in [6.07, 6.45) is 0.837. The van der Waals surface area contributed by atoms with Crippen molar-refractivity contribution in [3.05, 3.63) is 64.7 Å². The van der Waals surface area contributed by atoms with Crippen LogP contribution in [0, 0.1) is 0 Å². The number of carbonyl (C=O) groups excluding carboxylic acids is 3. The molecule has 0 radical (unpaired) electrons. The number of anilines is 1. The molecule has 2 atom stereocenters. The molecule has 2 aliphatic heterocycles. The van der Waals surface area contributed by atoms with Gasteiger partial charge in [0.25, 0.3) is 5.91 Å². The van der Waals surface area contributed by atoms with Gasteiger partial charge in [0.1, 0.15) is 12.2 Å². The molecule has 2 aromatic carbocycles. The topological polar surface area (TPSA) is 69.7 Å². The molecule has 2 aromatic rings. The first-order valence-electron chi connectivity index (χ1n) is 9.60. The zero-order valence-corrected chi connectivity index (χ0v) is 17.1. The minimum absolute atomic E-state index is 0.0348. The highest BCUT2D eigenvalue weighted by atomic mass is 35.5. The second-order valence-electron chi connectivity index (χ2n) is 7.70. The van der Waals surface area contributed by atoms with Gasteiger partial charge in [0.05, 0.1) is 17.3 Å². The minimum atomic E-state index is -0.844. The van der Waals surface area contributed by atoms with Crippen molar-refractivity contribution in [2.45, 2.75) is 38.4 Å². The van der Waals surface area contributed by atoms with Crippen LogP contribution in [0.25, 0.3) is 0 Å². The summed E-state index contributed by atoms with van der Waals surface area (Å²) in [5.41, 5.74) is 1.14. The highest BCUT2D eigenvalue weighted by Gasteiger charge is 2.53. The Morgan fingerprint density at radius 3 is 2.59 bits per heavy atom. The Kier molecular flexibility index (Phi) is 4.82. The summed E-state index contributed by atoms with van der Waals surface area (Å²) in [5, 5.41) is 3.56. The minimum Gasteiger partial charge on any atom is -0.348 e. The van der Waals surface area contributed by atoms with Gasteiger partial charge in [-0.15, -0.1) is 0 Å². The Morgan fingerprint density at radius 2 is 1.86 bits per heavy atom. The number of carbonyl (C=O) groups is 3. The fourth-order valence-corrected chi connectivity index (χ4v) is 4.33. The molecule has 1 fully saturated rings. The molecule has 3 amide bonds. The largest absolute Gasteiger partial charge is 0.348 e. The normalized spacial score (nSPS) is 21.6. The lowest BCUT2D eigenvalue weighted by atomic mass is 9.98. The molecule has 7 heteroatoms. The van der Waals surface area contributed by atoms with Gasteiger partial charge in [0.2, 0.25) is 11.8 Å². The molecule has 4 rings (SSSR count). The average molecular weight is 412 g/mol. The first kappa shape index (κ1) is 19.5. The van der Waals surface area contributed by atoms with E-state index in [1.165, 1.54) is 4.90 Å². The molecule has 2 unspecified atom stereocenters. The van der Waals surface area contributed by atoms with Crippen LogP contribution in [0.1, 0.15) is 48.7 Å². The monoisotopic (exact) mass is 411 g/mol. The summed E-state index contributed by atoms with van der Waals surface area (Å²) in [6, 6.07) is 14.1. The fourth-order valence-electron chi connectivity index (χ4n) is 4.21. The summed E-state index contributed by atoms with van der Waals surface area (Å²) in [4.78, 5) is 41.8. The molecule has 0 bridgehead atoms. The molecular formula is C22H22ClN3O3. The van der Waals surface area contributed by atoms with Crippen molar-refractivity contribution in [2.24, 2.45) is 0 Å². The number of halogens is 1. The number of benzene rings is 2. The highest BCUT2D eigenvalue weighted by molar-refractivity contribution is 6.30. The molecule has 29 heavy (non-hydrogen) atoms. The fraction of sp³-hybridized carbons (Fsp3) is 0.318. The molecule has 1 saturated heterocycles. The Hall–Kier alpha value is -2.86. The van der Waals surface area contributed by atoms with Crippen molar-refractivity contribution in [1.82, 2.24) is 10.2 Å². The van der Waals surface area contributed by atoms with Crippen LogP contribution < -0.4 is 10.2 Å². The van der Waals surface area contributed by atoms with E-state index in [1.807, 2.05) is 32.0 Å². The summed E-state index contributed by atoms with van der Waals surface area (Å²) >= 11 is 5.92. The summed E-state index contributed by atoms with van der Waals surface area (Å²) in [5.74, 6) is -0.545. The van der Waals surface area contributed by atoms with Crippen molar-refractivity contribution in [3.8, 4) is 0 Å². The van der Waals surface area contributed by atoms with Gasteiger partial charge in [-0.1, -0.05) is 35.9 Å². The van der Waals surface area contributed by atoms with Crippen LogP contribution >= 0.6 is 11.6 Å². The zero-order valence-electron chi connectivity index (χ0n) is 16.3. The number of hydrogen-bond donors (Lipinski definition) is 1. The molecule has 2 heterocycles. The second kappa shape index (κ2) is 7.19. The maximum atomic E-state index is 13.2. The van der Waals surface area contributed by atoms with Crippen molar-refractivity contribution < 1.29 is 14.4 Å². The second-order valence-corrected chi connectivity index (χ2v) is 8.13. The molecular weight excluding hydrogens is 390 g/mol. The molecule has 0 aliphatic carbocycles. The van der Waals surface area contributed by atoms with Gasteiger partial charge in [0.15, 0.2) is 0 Å². The standard InChI is InChI=1S/C22H22ClN3O3/c1-14(15-7-9-16(23)10-8-15)24-19(27)13-25-21(29)17-5-3-4-6-18(17)26-20(28)11-12-22(25,26)2/h3-10,14H,11-13H2,1-2H3,(H,24,27). The quantitative estimate of drug-likeness (QED) is 0.836. The van der Waals surface area contributed by atoms with Crippen molar-refractivity contribution >= 4 is 35.0 Å². The summed E-state index contributed by atoms with van der Waals surface area (Å²) < 4.78 is 0. The lowest BCUT2D eigenvalue weighted by molar-refractivity contribution is -0.124. The number of fused-ring (bicyclic) bond motifs is 3. The van der Waals surface area contributed by atoms with E-state index in [0.29, 0.717) is 29.1 Å². The third kappa shape index (κ3) is 3.27. The number of nitrogens with one attached hydrogen (secondary N) is 1. The Balaban J connectivity index is 1.58. The number of rotatable bonds is 4. The SMILES string of the molecule is CC(NC(=O)CN1C(=O)c2ccccc2N2C(=O)CCC12C)c1ccc(Cl)cc1. The predicted octanol–water partition coefficient (Wildman–Crippen LogP) is 3.52. The van der Waals surface area contributed by atoms with E-state index in [1.54, 1.807) is 35.2 Å². The lowest BCUT2D eigenvalue weighted by Gasteiger charge is -2.48. The predicted molar refractivity (Wildman–Crippen MR) is 111 cm³/mol. The Labute approximate surface area is 174 Å². The van der Waals surface area contributed by atoms with E-state index in [2.05, 4.69) is 5.32 Å². The zero-order chi connectivity index (χ0) is 20.8.